The molecule has 9 heteroatoms. The predicted molar refractivity (Wildman–Crippen MR) is 241 cm³/mol. The van der Waals surface area contributed by atoms with Gasteiger partial charge in [-0.15, -0.1) is 0 Å². The number of carbonyl (C=O) groups is 4. The SMILES string of the molecule is CCCCC/C=C\C/C=C\C/C=C\C(CCCCCCCC(=O)NCC(=O)NC(CO)C(=O)O)OC(=O)CCCCCCCCCCCCCCCCCCCCC. The molecule has 0 rings (SSSR count). The van der Waals surface area contributed by atoms with Crippen molar-refractivity contribution in [1.82, 2.24) is 10.6 Å². The van der Waals surface area contributed by atoms with Gasteiger partial charge in [-0.1, -0.05) is 192 Å². The summed E-state index contributed by atoms with van der Waals surface area (Å²) in [7, 11) is 0. The average Bonchev–Trinajstić information content (AvgIpc) is 3.21. The highest BCUT2D eigenvalue weighted by molar-refractivity contribution is 5.87. The quantitative estimate of drug-likeness (QED) is 0.0273. The van der Waals surface area contributed by atoms with Crippen molar-refractivity contribution in [3.8, 4) is 0 Å². The first-order chi connectivity index (χ1) is 28.3. The molecule has 4 N–H and O–H groups in total. The van der Waals surface area contributed by atoms with Gasteiger partial charge in [0.15, 0.2) is 0 Å². The molecule has 9 nitrogen and oxygen atoms in total. The molecular formula is C49H88N2O7. The Morgan fingerprint density at radius 1 is 0.534 bits per heavy atom. The molecule has 0 aromatic heterocycles. The van der Waals surface area contributed by atoms with Crippen LogP contribution in [0.3, 0.4) is 0 Å². The molecule has 0 fully saturated rings. The summed E-state index contributed by atoms with van der Waals surface area (Å²) in [6, 6.07) is -1.39. The third-order valence-corrected chi connectivity index (χ3v) is 10.6. The lowest BCUT2D eigenvalue weighted by atomic mass is 10.0. The van der Waals surface area contributed by atoms with Crippen molar-refractivity contribution in [3.63, 3.8) is 0 Å². The van der Waals surface area contributed by atoms with Gasteiger partial charge in [0.2, 0.25) is 11.8 Å². The topological polar surface area (TPSA) is 142 Å². The number of carbonyl (C=O) groups excluding carboxylic acids is 3. The first-order valence-electron chi connectivity index (χ1n) is 23.9. The van der Waals surface area contributed by atoms with Crippen LogP contribution in [0.4, 0.5) is 0 Å². The molecular weight excluding hydrogens is 729 g/mol. The average molecular weight is 817 g/mol. The predicted octanol–water partition coefficient (Wildman–Crippen LogP) is 12.2. The van der Waals surface area contributed by atoms with Gasteiger partial charge in [0.25, 0.3) is 0 Å². The van der Waals surface area contributed by atoms with E-state index in [-0.39, 0.29) is 30.9 Å². The minimum atomic E-state index is -1.39. The van der Waals surface area contributed by atoms with Gasteiger partial charge in [-0.3, -0.25) is 14.4 Å². The number of unbranched alkanes of at least 4 members (excludes halogenated alkanes) is 25. The van der Waals surface area contributed by atoms with E-state index >= 15 is 0 Å². The smallest absolute Gasteiger partial charge is 0.328 e. The summed E-state index contributed by atoms with van der Waals surface area (Å²) in [4.78, 5) is 47.6. The summed E-state index contributed by atoms with van der Waals surface area (Å²) >= 11 is 0. The maximum absolute atomic E-state index is 12.8. The first kappa shape index (κ1) is 55.1. The van der Waals surface area contributed by atoms with E-state index in [0.717, 1.165) is 64.2 Å². The molecule has 2 unspecified atom stereocenters. The van der Waals surface area contributed by atoms with E-state index in [2.05, 4.69) is 54.9 Å². The fourth-order valence-electron chi connectivity index (χ4n) is 6.94. The van der Waals surface area contributed by atoms with E-state index in [1.54, 1.807) is 0 Å². The van der Waals surface area contributed by atoms with Crippen LogP contribution in [0.2, 0.25) is 0 Å². The van der Waals surface area contributed by atoms with E-state index in [1.165, 1.54) is 128 Å². The lowest BCUT2D eigenvalue weighted by Crippen LogP contribution is -2.47. The number of rotatable bonds is 43. The molecule has 336 valence electrons. The van der Waals surface area contributed by atoms with E-state index < -0.39 is 24.5 Å². The van der Waals surface area contributed by atoms with Crippen molar-refractivity contribution in [2.75, 3.05) is 13.2 Å². The molecule has 0 aliphatic carbocycles. The van der Waals surface area contributed by atoms with Gasteiger partial charge in [-0.05, 0) is 57.4 Å². The zero-order valence-electron chi connectivity index (χ0n) is 37.3. The minimum Gasteiger partial charge on any atom is -0.480 e. The number of hydrogen-bond acceptors (Lipinski definition) is 6. The highest BCUT2D eigenvalue weighted by Gasteiger charge is 2.18. The summed E-state index contributed by atoms with van der Waals surface area (Å²) in [5.74, 6) is -2.38. The van der Waals surface area contributed by atoms with Crippen molar-refractivity contribution in [1.29, 1.82) is 0 Å². The van der Waals surface area contributed by atoms with Crippen molar-refractivity contribution in [3.05, 3.63) is 36.5 Å². The Bertz CT molecular complexity index is 1070. The molecule has 0 heterocycles. The Morgan fingerprint density at radius 2 is 0.983 bits per heavy atom. The van der Waals surface area contributed by atoms with Crippen LogP contribution in [0.1, 0.15) is 226 Å². The molecule has 0 saturated heterocycles. The van der Waals surface area contributed by atoms with Crippen LogP contribution >= 0.6 is 0 Å². The largest absolute Gasteiger partial charge is 0.480 e. The summed E-state index contributed by atoms with van der Waals surface area (Å²) < 4.78 is 5.94. The summed E-state index contributed by atoms with van der Waals surface area (Å²) in [5.41, 5.74) is 0. The second kappa shape index (κ2) is 43.6. The second-order valence-electron chi connectivity index (χ2n) is 16.2. The molecule has 0 bridgehead atoms. The van der Waals surface area contributed by atoms with Crippen molar-refractivity contribution in [2.45, 2.75) is 238 Å². The van der Waals surface area contributed by atoms with Gasteiger partial charge in [-0.2, -0.15) is 0 Å². The number of esters is 1. The number of carboxylic acids is 1. The molecule has 2 atom stereocenters. The van der Waals surface area contributed by atoms with Crippen molar-refractivity contribution in [2.24, 2.45) is 0 Å². The first-order valence-corrected chi connectivity index (χ1v) is 23.9. The number of nitrogens with one attached hydrogen (secondary N) is 2. The number of allylic oxidation sites excluding steroid dienone is 5. The Hall–Kier alpha value is -2.94. The van der Waals surface area contributed by atoms with Crippen molar-refractivity contribution < 1.29 is 34.1 Å². The fourth-order valence-corrected chi connectivity index (χ4v) is 6.94. The maximum Gasteiger partial charge on any atom is 0.328 e. The van der Waals surface area contributed by atoms with E-state index in [9.17, 15) is 19.2 Å². The Morgan fingerprint density at radius 3 is 1.50 bits per heavy atom. The van der Waals surface area contributed by atoms with Gasteiger partial charge in [0.1, 0.15) is 12.1 Å². The maximum atomic E-state index is 12.8. The molecule has 0 aliphatic heterocycles. The highest BCUT2D eigenvalue weighted by Crippen LogP contribution is 2.17. The molecule has 2 amide bonds. The second-order valence-corrected chi connectivity index (χ2v) is 16.2. The summed E-state index contributed by atoms with van der Waals surface area (Å²) in [6.45, 7) is 3.45. The number of hydrogen-bond donors (Lipinski definition) is 4. The number of carboxylic acid groups (broad SMARTS) is 1. The zero-order valence-corrected chi connectivity index (χ0v) is 37.3. The van der Waals surface area contributed by atoms with Gasteiger partial charge in [-0.25, -0.2) is 4.79 Å². The lowest BCUT2D eigenvalue weighted by molar-refractivity contribution is -0.147. The number of ether oxygens (including phenoxy) is 1. The minimum absolute atomic E-state index is 0.111. The molecule has 0 aromatic carbocycles. The van der Waals surface area contributed by atoms with Crippen LogP contribution in [0.25, 0.3) is 0 Å². The van der Waals surface area contributed by atoms with Crippen LogP contribution in [0, 0.1) is 0 Å². The molecule has 0 aliphatic rings. The highest BCUT2D eigenvalue weighted by atomic mass is 16.5. The van der Waals surface area contributed by atoms with Gasteiger partial charge < -0.3 is 25.6 Å². The van der Waals surface area contributed by atoms with Gasteiger partial charge in [0.05, 0.1) is 13.2 Å². The van der Waals surface area contributed by atoms with E-state index in [1.807, 2.05) is 6.08 Å². The van der Waals surface area contributed by atoms with Gasteiger partial charge in [0, 0.05) is 12.8 Å². The standard InChI is InChI=1S/C49H88N2O7/c1-3-5-7-9-11-13-15-16-17-18-19-20-21-22-24-26-28-33-37-41-48(55)58-44(38-34-30-27-25-23-14-12-10-8-6-4-2)39-35-31-29-32-36-40-46(53)50-42-47(54)51-45(43-52)49(56)57/h12,14,25,27,34,38,44-45,52H,3-11,13,15-24,26,28-33,35-37,39-43H2,1-2H3,(H,50,53)(H,51,54)(H,56,57)/b14-12-,27-25-,38-34-. The van der Waals surface area contributed by atoms with Crippen LogP contribution < -0.4 is 10.6 Å². The van der Waals surface area contributed by atoms with Crippen LogP contribution in [0.5, 0.6) is 0 Å². The summed E-state index contributed by atoms with van der Waals surface area (Å²) in [5, 5.41) is 22.6. The normalized spacial score (nSPS) is 12.7. The Labute approximate surface area is 355 Å². The monoisotopic (exact) mass is 817 g/mol. The zero-order chi connectivity index (χ0) is 42.6. The van der Waals surface area contributed by atoms with E-state index in [0.29, 0.717) is 12.8 Å². The third-order valence-electron chi connectivity index (χ3n) is 10.6. The molecule has 0 radical (unpaired) electrons. The molecule has 58 heavy (non-hydrogen) atoms. The summed E-state index contributed by atoms with van der Waals surface area (Å²) in [6.07, 6.45) is 50.6. The third kappa shape index (κ3) is 39.9. The molecule has 0 spiro atoms. The molecule has 0 saturated carbocycles. The van der Waals surface area contributed by atoms with Crippen LogP contribution in [-0.4, -0.2) is 59.3 Å². The number of aliphatic carboxylic acids is 1. The number of amides is 2. The number of aliphatic hydroxyl groups excluding tert-OH is 1. The number of aliphatic hydroxyl groups is 1. The Balaban J connectivity index is 4.29. The Kier molecular flexibility index (Phi) is 41.4. The molecule has 0 aromatic rings. The van der Waals surface area contributed by atoms with Crippen LogP contribution in [0.15, 0.2) is 36.5 Å². The van der Waals surface area contributed by atoms with E-state index in [4.69, 9.17) is 14.9 Å². The van der Waals surface area contributed by atoms with Crippen LogP contribution in [-0.2, 0) is 23.9 Å². The van der Waals surface area contributed by atoms with Gasteiger partial charge >= 0.3 is 11.9 Å². The fraction of sp³-hybridized carbons (Fsp3) is 0.796. The lowest BCUT2D eigenvalue weighted by Gasteiger charge is -2.15. The van der Waals surface area contributed by atoms with Crippen molar-refractivity contribution >= 4 is 23.8 Å².